The summed E-state index contributed by atoms with van der Waals surface area (Å²) in [5.74, 6) is -0.890. The van der Waals surface area contributed by atoms with Crippen LogP contribution in [0.5, 0.6) is 0 Å². The van der Waals surface area contributed by atoms with Gasteiger partial charge in [0.15, 0.2) is 11.4 Å². The molecule has 56 heavy (non-hydrogen) atoms. The van der Waals surface area contributed by atoms with Crippen molar-refractivity contribution >= 4 is 65.0 Å². The molecule has 0 aliphatic carbocycles. The molecule has 0 fully saturated rings. The first-order chi connectivity index (χ1) is 26.8. The van der Waals surface area contributed by atoms with E-state index in [1.807, 2.05) is 60.7 Å². The minimum absolute atomic E-state index is 0.0307. The van der Waals surface area contributed by atoms with Crippen LogP contribution in [-0.4, -0.2) is 59.0 Å². The second-order valence-corrected chi connectivity index (χ2v) is 15.3. The lowest BCUT2D eigenvalue weighted by molar-refractivity contribution is 0.101. The lowest BCUT2D eigenvalue weighted by Crippen LogP contribution is -2.15. The van der Waals surface area contributed by atoms with E-state index in [1.165, 1.54) is 42.5 Å². The highest BCUT2D eigenvalue weighted by Crippen LogP contribution is 2.27. The molecule has 0 spiro atoms. The largest absolute Gasteiger partial charge is 0.321 e. The van der Waals surface area contributed by atoms with Crippen molar-refractivity contribution in [3.63, 3.8) is 0 Å². The standard InChI is InChI=1S/2C19H15N5O3S/c20-28(26,27)15-5-1-4-14(10-15)22-19(25)18-16-9-12(6-7-17(16)23-24-18)13-3-2-8-21-11-13;20-28(26,27)15-6-4-14(5-7-15)22-19(25)18-16-10-12(3-8-17(16)23-24-18)13-2-1-9-21-11-13/h2*1-11H,(H,22,25)(H,23,24)(H2,20,26,27). The lowest BCUT2D eigenvalue weighted by atomic mass is 10.0. The van der Waals surface area contributed by atoms with E-state index in [0.29, 0.717) is 27.7 Å². The first kappa shape index (κ1) is 37.2. The Morgan fingerprint density at radius 3 is 1.48 bits per heavy atom. The normalized spacial score (nSPS) is 11.5. The number of aromatic amines is 2. The van der Waals surface area contributed by atoms with Gasteiger partial charge in [-0.05, 0) is 90.0 Å². The summed E-state index contributed by atoms with van der Waals surface area (Å²) in [6.07, 6.45) is 6.86. The molecule has 8 aromatic rings. The molecule has 280 valence electrons. The molecule has 0 saturated heterocycles. The number of nitrogens with two attached hydrogens (primary N) is 2. The first-order valence-corrected chi connectivity index (χ1v) is 19.6. The Kier molecular flexibility index (Phi) is 10.2. The Hall–Kier alpha value is -7.12. The number of benzene rings is 4. The number of primary sulfonamides is 2. The van der Waals surface area contributed by atoms with Crippen molar-refractivity contribution in [2.45, 2.75) is 9.79 Å². The summed E-state index contributed by atoms with van der Waals surface area (Å²) in [6.45, 7) is 0. The maximum Gasteiger partial charge on any atom is 0.276 e. The minimum Gasteiger partial charge on any atom is -0.321 e. The van der Waals surface area contributed by atoms with E-state index < -0.39 is 31.9 Å². The summed E-state index contributed by atoms with van der Waals surface area (Å²) in [5, 5.41) is 30.8. The maximum atomic E-state index is 12.7. The van der Waals surface area contributed by atoms with Gasteiger partial charge in [0.1, 0.15) is 0 Å². The number of anilines is 2. The second-order valence-electron chi connectivity index (χ2n) is 12.2. The summed E-state index contributed by atoms with van der Waals surface area (Å²) >= 11 is 0. The molecule has 0 radical (unpaired) electrons. The molecular weight excluding hydrogens is 757 g/mol. The Bertz CT molecular complexity index is 2960. The predicted molar refractivity (Wildman–Crippen MR) is 210 cm³/mol. The number of nitrogens with zero attached hydrogens (tertiary/aromatic N) is 4. The van der Waals surface area contributed by atoms with Crippen molar-refractivity contribution in [3.8, 4) is 22.3 Å². The highest BCUT2D eigenvalue weighted by Gasteiger charge is 2.18. The predicted octanol–water partition coefficient (Wildman–Crippen LogP) is 5.05. The van der Waals surface area contributed by atoms with Crippen LogP contribution < -0.4 is 20.9 Å². The highest BCUT2D eigenvalue weighted by atomic mass is 32.2. The fourth-order valence-corrected chi connectivity index (χ4v) is 6.73. The number of amides is 2. The minimum atomic E-state index is -3.86. The number of H-pyrrole nitrogens is 2. The van der Waals surface area contributed by atoms with E-state index in [9.17, 15) is 26.4 Å². The molecule has 4 heterocycles. The molecule has 4 aromatic carbocycles. The van der Waals surface area contributed by atoms with Crippen LogP contribution in [0, 0.1) is 0 Å². The van der Waals surface area contributed by atoms with Crippen LogP contribution in [0.1, 0.15) is 21.0 Å². The number of carbonyl (C=O) groups excluding carboxylic acids is 2. The zero-order chi connectivity index (χ0) is 39.5. The molecule has 8 N–H and O–H groups in total. The summed E-state index contributed by atoms with van der Waals surface area (Å²) in [5.41, 5.74) is 6.23. The van der Waals surface area contributed by atoms with Gasteiger partial charge in [0.2, 0.25) is 20.0 Å². The third kappa shape index (κ3) is 8.32. The number of fused-ring (bicyclic) bond motifs is 2. The van der Waals surface area contributed by atoms with Crippen LogP contribution in [0.3, 0.4) is 0 Å². The van der Waals surface area contributed by atoms with E-state index in [0.717, 1.165) is 27.8 Å². The number of pyridine rings is 2. The van der Waals surface area contributed by atoms with Gasteiger partial charge >= 0.3 is 0 Å². The molecule has 18 heteroatoms. The number of sulfonamides is 2. The van der Waals surface area contributed by atoms with Crippen LogP contribution in [-0.2, 0) is 20.0 Å². The third-order valence-electron chi connectivity index (χ3n) is 8.41. The molecule has 4 aromatic heterocycles. The number of hydrogen-bond acceptors (Lipinski definition) is 10. The number of nitrogens with one attached hydrogen (secondary N) is 4. The van der Waals surface area contributed by atoms with Gasteiger partial charge in [-0.1, -0.05) is 30.3 Å². The van der Waals surface area contributed by atoms with Crippen LogP contribution >= 0.6 is 0 Å². The molecule has 16 nitrogen and oxygen atoms in total. The first-order valence-electron chi connectivity index (χ1n) is 16.5. The average Bonchev–Trinajstić information content (AvgIpc) is 3.83. The fraction of sp³-hybridized carbons (Fsp3) is 0. The topological polar surface area (TPSA) is 262 Å². The van der Waals surface area contributed by atoms with E-state index >= 15 is 0 Å². The van der Waals surface area contributed by atoms with Crippen molar-refractivity contribution in [1.82, 2.24) is 30.4 Å². The molecule has 0 saturated carbocycles. The third-order valence-corrected chi connectivity index (χ3v) is 10.2. The molecule has 2 amide bonds. The molecule has 8 rings (SSSR count). The van der Waals surface area contributed by atoms with E-state index in [1.54, 1.807) is 30.9 Å². The van der Waals surface area contributed by atoms with E-state index in [2.05, 4.69) is 41.0 Å². The highest BCUT2D eigenvalue weighted by molar-refractivity contribution is 7.89. The monoisotopic (exact) mass is 786 g/mol. The number of hydrogen-bond donors (Lipinski definition) is 6. The average molecular weight is 787 g/mol. The Morgan fingerprint density at radius 2 is 1.02 bits per heavy atom. The zero-order valence-electron chi connectivity index (χ0n) is 28.9. The molecule has 0 atom stereocenters. The van der Waals surface area contributed by atoms with Crippen LogP contribution in [0.2, 0.25) is 0 Å². The summed E-state index contributed by atoms with van der Waals surface area (Å²) in [4.78, 5) is 33.5. The van der Waals surface area contributed by atoms with Gasteiger partial charge in [-0.3, -0.25) is 29.8 Å². The fourth-order valence-electron chi connectivity index (χ4n) is 5.66. The van der Waals surface area contributed by atoms with Crippen LogP contribution in [0.15, 0.2) is 144 Å². The Balaban J connectivity index is 0.000000172. The number of rotatable bonds is 8. The molecule has 0 unspecified atom stereocenters. The lowest BCUT2D eigenvalue weighted by Gasteiger charge is -2.06. The van der Waals surface area contributed by atoms with Crippen LogP contribution in [0.4, 0.5) is 11.4 Å². The second kappa shape index (κ2) is 15.3. The Morgan fingerprint density at radius 1 is 0.518 bits per heavy atom. The smallest absolute Gasteiger partial charge is 0.276 e. The molecule has 0 bridgehead atoms. The number of carbonyl (C=O) groups is 2. The molecular formula is C38H30N10O6S2. The van der Waals surface area contributed by atoms with Gasteiger partial charge in [0.25, 0.3) is 11.8 Å². The summed E-state index contributed by atoms with van der Waals surface area (Å²) in [6, 6.07) is 30.1. The van der Waals surface area contributed by atoms with Crippen molar-refractivity contribution < 1.29 is 26.4 Å². The van der Waals surface area contributed by atoms with Crippen LogP contribution in [0.25, 0.3) is 44.1 Å². The van der Waals surface area contributed by atoms with Gasteiger partial charge in [0.05, 0.1) is 20.8 Å². The van der Waals surface area contributed by atoms with Crippen molar-refractivity contribution in [1.29, 1.82) is 0 Å². The van der Waals surface area contributed by atoms with Crippen molar-refractivity contribution in [2.24, 2.45) is 10.3 Å². The van der Waals surface area contributed by atoms with E-state index in [4.69, 9.17) is 10.3 Å². The van der Waals surface area contributed by atoms with Gasteiger partial charge < -0.3 is 10.6 Å². The van der Waals surface area contributed by atoms with Crippen molar-refractivity contribution in [2.75, 3.05) is 10.6 Å². The molecule has 0 aliphatic heterocycles. The SMILES string of the molecule is NS(=O)(=O)c1ccc(NC(=O)c2n[nH]c3ccc(-c4cccnc4)cc23)cc1.NS(=O)(=O)c1cccc(NC(=O)c2n[nH]c3ccc(-c4cccnc4)cc23)c1. The summed E-state index contributed by atoms with van der Waals surface area (Å²) in [7, 11) is -7.65. The van der Waals surface area contributed by atoms with E-state index in [-0.39, 0.29) is 21.2 Å². The van der Waals surface area contributed by atoms with Gasteiger partial charge in [-0.15, -0.1) is 0 Å². The quantitative estimate of drug-likeness (QED) is 0.119. The summed E-state index contributed by atoms with van der Waals surface area (Å²) < 4.78 is 45.6. The maximum absolute atomic E-state index is 12.7. The van der Waals surface area contributed by atoms with Gasteiger partial charge in [-0.2, -0.15) is 10.2 Å². The zero-order valence-corrected chi connectivity index (χ0v) is 30.5. The Labute approximate surface area is 319 Å². The van der Waals surface area contributed by atoms with Gasteiger partial charge in [0, 0.05) is 58.1 Å². The number of aromatic nitrogens is 6. The molecule has 0 aliphatic rings. The van der Waals surface area contributed by atoms with Crippen molar-refractivity contribution in [3.05, 3.63) is 145 Å². The van der Waals surface area contributed by atoms with Gasteiger partial charge in [-0.25, -0.2) is 27.1 Å².